The normalized spacial score (nSPS) is 13.3. The Hall–Kier alpha value is -2.73. The molecule has 1 fully saturated rings. The zero-order valence-corrected chi connectivity index (χ0v) is 14.0. The third-order valence-electron chi connectivity index (χ3n) is 4.06. The molecule has 1 heterocycles. The molecule has 2 amide bonds. The van der Waals surface area contributed by atoms with Gasteiger partial charge in [0.1, 0.15) is 0 Å². The third kappa shape index (κ3) is 5.69. The fourth-order valence-corrected chi connectivity index (χ4v) is 2.39. The van der Waals surface area contributed by atoms with Crippen LogP contribution in [0, 0.1) is 5.92 Å². The summed E-state index contributed by atoms with van der Waals surface area (Å²) in [5.41, 5.74) is 2.23. The maximum atomic E-state index is 12.2. The molecule has 2 aromatic rings. The first-order chi connectivity index (χ1) is 12.2. The Morgan fingerprint density at radius 3 is 2.44 bits per heavy atom. The standard InChI is InChI=1S/C19H22N4O2/c24-18(13-21-11-14-1-2-14)22-12-15-3-5-16(6-4-15)19(25)23-17-7-9-20-10-8-17/h3-10,14,21H,1-2,11-13H2,(H,22,24)(H,20,23,25). The Labute approximate surface area is 147 Å². The molecule has 1 aliphatic carbocycles. The highest BCUT2D eigenvalue weighted by atomic mass is 16.2. The summed E-state index contributed by atoms with van der Waals surface area (Å²) >= 11 is 0. The number of carbonyl (C=O) groups excluding carboxylic acids is 2. The first-order valence-corrected chi connectivity index (χ1v) is 8.48. The minimum Gasteiger partial charge on any atom is -0.351 e. The van der Waals surface area contributed by atoms with E-state index in [1.54, 1.807) is 36.7 Å². The van der Waals surface area contributed by atoms with Crippen molar-refractivity contribution in [3.8, 4) is 0 Å². The topological polar surface area (TPSA) is 83.1 Å². The average Bonchev–Trinajstić information content (AvgIpc) is 3.45. The molecule has 0 atom stereocenters. The van der Waals surface area contributed by atoms with Crippen LogP contribution < -0.4 is 16.0 Å². The van der Waals surface area contributed by atoms with Gasteiger partial charge in [-0.25, -0.2) is 0 Å². The van der Waals surface area contributed by atoms with Crippen LogP contribution in [-0.4, -0.2) is 29.9 Å². The first-order valence-electron chi connectivity index (χ1n) is 8.48. The van der Waals surface area contributed by atoms with Gasteiger partial charge in [-0.15, -0.1) is 0 Å². The lowest BCUT2D eigenvalue weighted by Gasteiger charge is -2.08. The number of amides is 2. The SMILES string of the molecule is O=C(CNCC1CC1)NCc1ccc(C(=O)Nc2ccncc2)cc1. The number of anilines is 1. The van der Waals surface area contributed by atoms with Crippen LogP contribution >= 0.6 is 0 Å². The summed E-state index contributed by atoms with van der Waals surface area (Å²) in [6.45, 7) is 1.73. The summed E-state index contributed by atoms with van der Waals surface area (Å²) in [4.78, 5) is 27.8. The molecule has 1 aromatic carbocycles. The molecular formula is C19H22N4O2. The van der Waals surface area contributed by atoms with E-state index in [1.165, 1.54) is 12.8 Å². The summed E-state index contributed by atoms with van der Waals surface area (Å²) in [5.74, 6) is 0.574. The zero-order chi connectivity index (χ0) is 17.5. The fourth-order valence-electron chi connectivity index (χ4n) is 2.39. The van der Waals surface area contributed by atoms with E-state index in [1.807, 2.05) is 12.1 Å². The van der Waals surface area contributed by atoms with Gasteiger partial charge < -0.3 is 16.0 Å². The van der Waals surface area contributed by atoms with E-state index in [4.69, 9.17) is 0 Å². The number of hydrogen-bond donors (Lipinski definition) is 3. The Morgan fingerprint density at radius 1 is 1.04 bits per heavy atom. The van der Waals surface area contributed by atoms with Gasteiger partial charge in [0, 0.05) is 30.2 Å². The van der Waals surface area contributed by atoms with Crippen LogP contribution in [0.5, 0.6) is 0 Å². The Bertz CT molecular complexity index is 712. The lowest BCUT2D eigenvalue weighted by atomic mass is 10.1. The molecule has 6 heteroatoms. The second-order valence-electron chi connectivity index (χ2n) is 6.24. The molecule has 0 saturated heterocycles. The molecule has 0 unspecified atom stereocenters. The van der Waals surface area contributed by atoms with E-state index in [9.17, 15) is 9.59 Å². The first kappa shape index (κ1) is 17.1. The van der Waals surface area contributed by atoms with Crippen molar-refractivity contribution in [1.82, 2.24) is 15.6 Å². The van der Waals surface area contributed by atoms with E-state index < -0.39 is 0 Å². The van der Waals surface area contributed by atoms with Gasteiger partial charge in [0.2, 0.25) is 5.91 Å². The zero-order valence-electron chi connectivity index (χ0n) is 14.0. The van der Waals surface area contributed by atoms with Gasteiger partial charge in [-0.1, -0.05) is 12.1 Å². The molecule has 3 N–H and O–H groups in total. The van der Waals surface area contributed by atoms with Gasteiger partial charge in [0.15, 0.2) is 0 Å². The fraction of sp³-hybridized carbons (Fsp3) is 0.316. The monoisotopic (exact) mass is 338 g/mol. The largest absolute Gasteiger partial charge is 0.351 e. The molecule has 1 saturated carbocycles. The number of nitrogens with one attached hydrogen (secondary N) is 3. The number of carbonyl (C=O) groups is 2. The summed E-state index contributed by atoms with van der Waals surface area (Å²) in [7, 11) is 0. The highest BCUT2D eigenvalue weighted by Gasteiger charge is 2.20. The molecule has 1 aliphatic rings. The summed E-state index contributed by atoms with van der Waals surface area (Å²) < 4.78 is 0. The van der Waals surface area contributed by atoms with E-state index in [2.05, 4.69) is 20.9 Å². The van der Waals surface area contributed by atoms with Crippen molar-refractivity contribution in [2.75, 3.05) is 18.4 Å². The Kier molecular flexibility index (Phi) is 5.74. The molecule has 6 nitrogen and oxygen atoms in total. The maximum Gasteiger partial charge on any atom is 0.255 e. The van der Waals surface area contributed by atoms with Crippen LogP contribution in [0.25, 0.3) is 0 Å². The van der Waals surface area contributed by atoms with Crippen LogP contribution in [0.3, 0.4) is 0 Å². The minimum absolute atomic E-state index is 0.0137. The van der Waals surface area contributed by atoms with E-state index in [-0.39, 0.29) is 11.8 Å². The molecular weight excluding hydrogens is 316 g/mol. The van der Waals surface area contributed by atoms with Crippen molar-refractivity contribution in [3.63, 3.8) is 0 Å². The van der Waals surface area contributed by atoms with Crippen LogP contribution in [0.4, 0.5) is 5.69 Å². The van der Waals surface area contributed by atoms with Gasteiger partial charge >= 0.3 is 0 Å². The number of hydrogen-bond acceptors (Lipinski definition) is 4. The van der Waals surface area contributed by atoms with Crippen molar-refractivity contribution in [2.45, 2.75) is 19.4 Å². The second kappa shape index (κ2) is 8.39. The summed E-state index contributed by atoms with van der Waals surface area (Å²) in [5, 5.41) is 8.84. The maximum absolute atomic E-state index is 12.2. The molecule has 0 spiro atoms. The van der Waals surface area contributed by atoms with E-state index in [0.29, 0.717) is 24.3 Å². The lowest BCUT2D eigenvalue weighted by Crippen LogP contribution is -2.34. The van der Waals surface area contributed by atoms with Crippen molar-refractivity contribution >= 4 is 17.5 Å². The molecule has 25 heavy (non-hydrogen) atoms. The molecule has 0 bridgehead atoms. The number of rotatable bonds is 8. The van der Waals surface area contributed by atoms with Gasteiger partial charge in [-0.2, -0.15) is 0 Å². The van der Waals surface area contributed by atoms with Crippen LogP contribution in [0.2, 0.25) is 0 Å². The highest BCUT2D eigenvalue weighted by molar-refractivity contribution is 6.04. The van der Waals surface area contributed by atoms with Gasteiger partial charge in [-0.05, 0) is 55.1 Å². The minimum atomic E-state index is -0.175. The quantitative estimate of drug-likeness (QED) is 0.687. The number of aromatic nitrogens is 1. The molecule has 0 radical (unpaired) electrons. The second-order valence-corrected chi connectivity index (χ2v) is 6.24. The average molecular weight is 338 g/mol. The van der Waals surface area contributed by atoms with Crippen LogP contribution in [0.15, 0.2) is 48.8 Å². The van der Waals surface area contributed by atoms with Gasteiger partial charge in [0.05, 0.1) is 6.54 Å². The van der Waals surface area contributed by atoms with Crippen molar-refractivity contribution in [3.05, 3.63) is 59.9 Å². The lowest BCUT2D eigenvalue weighted by molar-refractivity contribution is -0.120. The molecule has 130 valence electrons. The molecule has 1 aromatic heterocycles. The van der Waals surface area contributed by atoms with E-state index >= 15 is 0 Å². The smallest absolute Gasteiger partial charge is 0.255 e. The van der Waals surface area contributed by atoms with Crippen LogP contribution in [0.1, 0.15) is 28.8 Å². The van der Waals surface area contributed by atoms with Crippen molar-refractivity contribution < 1.29 is 9.59 Å². The molecule has 0 aliphatic heterocycles. The van der Waals surface area contributed by atoms with Gasteiger partial charge in [0.25, 0.3) is 5.91 Å². The molecule has 3 rings (SSSR count). The summed E-state index contributed by atoms with van der Waals surface area (Å²) in [6, 6.07) is 10.7. The summed E-state index contributed by atoms with van der Waals surface area (Å²) in [6.07, 6.45) is 5.80. The predicted octanol–water partition coefficient (Wildman–Crippen LogP) is 1.95. The number of pyridine rings is 1. The predicted molar refractivity (Wildman–Crippen MR) is 96.1 cm³/mol. The Balaban J connectivity index is 1.43. The highest BCUT2D eigenvalue weighted by Crippen LogP contribution is 2.27. The Morgan fingerprint density at radius 2 is 1.76 bits per heavy atom. The van der Waals surface area contributed by atoms with Crippen molar-refractivity contribution in [2.24, 2.45) is 5.92 Å². The number of benzene rings is 1. The number of nitrogens with zero attached hydrogens (tertiary/aromatic N) is 1. The van der Waals surface area contributed by atoms with Crippen LogP contribution in [-0.2, 0) is 11.3 Å². The third-order valence-corrected chi connectivity index (χ3v) is 4.06. The van der Waals surface area contributed by atoms with Gasteiger partial charge in [-0.3, -0.25) is 14.6 Å². The van der Waals surface area contributed by atoms with Crippen molar-refractivity contribution in [1.29, 1.82) is 0 Å². The van der Waals surface area contributed by atoms with E-state index in [0.717, 1.165) is 18.0 Å².